The molecule has 2 heterocycles. The number of nitrogens with zero attached hydrogens (tertiary/aromatic N) is 1. The molecule has 1 saturated carbocycles. The van der Waals surface area contributed by atoms with Crippen LogP contribution in [0.4, 0.5) is 0 Å². The van der Waals surface area contributed by atoms with Gasteiger partial charge in [0.2, 0.25) is 0 Å². The van der Waals surface area contributed by atoms with Crippen LogP contribution in [0.5, 0.6) is 11.5 Å². The lowest BCUT2D eigenvalue weighted by atomic mass is 9.50. The van der Waals surface area contributed by atoms with Crippen molar-refractivity contribution < 1.29 is 24.9 Å². The fourth-order valence-corrected chi connectivity index (χ4v) is 5.84. The zero-order valence-electron chi connectivity index (χ0n) is 13.5. The fraction of sp³-hybridized carbons (Fsp3) is 0.611. The quantitative estimate of drug-likeness (QED) is 0.625. The van der Waals surface area contributed by atoms with Gasteiger partial charge >= 0.3 is 0 Å². The summed E-state index contributed by atoms with van der Waals surface area (Å²) in [6, 6.07) is 3.18. The van der Waals surface area contributed by atoms with E-state index < -0.39 is 23.2 Å². The van der Waals surface area contributed by atoms with E-state index >= 15 is 0 Å². The first-order valence-corrected chi connectivity index (χ1v) is 8.56. The van der Waals surface area contributed by atoms with Gasteiger partial charge in [-0.05, 0) is 44.5 Å². The molecule has 2 bridgehead atoms. The molecule has 2 fully saturated rings. The van der Waals surface area contributed by atoms with Crippen LogP contribution < -0.4 is 4.74 Å². The summed E-state index contributed by atoms with van der Waals surface area (Å²) in [4.78, 5) is 14.8. The van der Waals surface area contributed by atoms with E-state index in [1.807, 2.05) is 13.1 Å². The van der Waals surface area contributed by atoms with Gasteiger partial charge in [-0.3, -0.25) is 4.79 Å². The van der Waals surface area contributed by atoms with Crippen molar-refractivity contribution in [1.82, 2.24) is 4.90 Å². The van der Waals surface area contributed by atoms with Gasteiger partial charge in [-0.15, -0.1) is 0 Å². The summed E-state index contributed by atoms with van der Waals surface area (Å²) in [5.74, 6) is 0.124. The number of rotatable bonds is 0. The van der Waals surface area contributed by atoms with E-state index in [0.717, 1.165) is 24.1 Å². The lowest BCUT2D eigenvalue weighted by Crippen LogP contribution is -2.76. The molecule has 0 aromatic heterocycles. The van der Waals surface area contributed by atoms with Crippen LogP contribution >= 0.6 is 0 Å². The van der Waals surface area contributed by atoms with E-state index in [1.165, 1.54) is 0 Å². The first-order chi connectivity index (χ1) is 11.4. The molecule has 6 nitrogen and oxygen atoms in total. The molecule has 3 N–H and O–H groups in total. The molecular formula is C18H21NO5. The Bertz CT molecular complexity index is 764. The van der Waals surface area contributed by atoms with E-state index in [2.05, 4.69) is 4.90 Å². The summed E-state index contributed by atoms with van der Waals surface area (Å²) in [6.45, 7) is 0.789. The number of phenols is 1. The number of ketones is 1. The molecule has 1 spiro atoms. The van der Waals surface area contributed by atoms with Gasteiger partial charge in [0, 0.05) is 18.0 Å². The largest absolute Gasteiger partial charge is 0.504 e. The molecule has 24 heavy (non-hydrogen) atoms. The van der Waals surface area contributed by atoms with Crippen molar-refractivity contribution in [3.63, 3.8) is 0 Å². The number of likely N-dealkylation sites (N-methyl/N-ethyl adjacent to an activating group) is 1. The lowest BCUT2D eigenvalue weighted by Gasteiger charge is -2.58. The van der Waals surface area contributed by atoms with E-state index in [1.54, 1.807) is 6.07 Å². The molecule has 4 aliphatic rings. The number of phenolic OH excluding ortho intramolecular Hbond substituents is 1. The van der Waals surface area contributed by atoms with E-state index in [0.29, 0.717) is 18.6 Å². The Morgan fingerprint density at radius 3 is 2.92 bits per heavy atom. The molecular weight excluding hydrogens is 310 g/mol. The van der Waals surface area contributed by atoms with Crippen molar-refractivity contribution in [2.75, 3.05) is 13.6 Å². The van der Waals surface area contributed by atoms with Gasteiger partial charge in [0.25, 0.3) is 0 Å². The van der Waals surface area contributed by atoms with Crippen LogP contribution in [0.15, 0.2) is 12.1 Å². The van der Waals surface area contributed by atoms with E-state index in [4.69, 9.17) is 4.74 Å². The Labute approximate surface area is 139 Å². The third-order valence-electron chi connectivity index (χ3n) is 6.80. The van der Waals surface area contributed by atoms with Crippen molar-refractivity contribution in [3.05, 3.63) is 23.3 Å². The van der Waals surface area contributed by atoms with Gasteiger partial charge in [0.15, 0.2) is 23.4 Å². The number of aliphatic hydroxyl groups is 2. The second-order valence-electron chi connectivity index (χ2n) is 7.73. The van der Waals surface area contributed by atoms with Crippen LogP contribution in [0.2, 0.25) is 0 Å². The summed E-state index contributed by atoms with van der Waals surface area (Å²) >= 11 is 0. The zero-order valence-corrected chi connectivity index (χ0v) is 13.5. The third kappa shape index (κ3) is 1.35. The van der Waals surface area contributed by atoms with Crippen LogP contribution in [0, 0.1) is 0 Å². The van der Waals surface area contributed by atoms with Gasteiger partial charge in [-0.25, -0.2) is 0 Å². The minimum absolute atomic E-state index is 0.00165. The molecule has 1 aromatic rings. The van der Waals surface area contributed by atoms with E-state index in [9.17, 15) is 20.1 Å². The van der Waals surface area contributed by atoms with Gasteiger partial charge in [-0.2, -0.15) is 0 Å². The number of Topliss-reactive ketones (excluding diaryl/α,β-unsaturated/α-hetero) is 1. The molecule has 0 amide bonds. The van der Waals surface area contributed by atoms with Crippen molar-refractivity contribution in [2.24, 2.45) is 0 Å². The van der Waals surface area contributed by atoms with Gasteiger partial charge in [0.05, 0.1) is 11.5 Å². The summed E-state index contributed by atoms with van der Waals surface area (Å²) in [5, 5.41) is 32.9. The predicted octanol–water partition coefficient (Wildman–Crippen LogP) is 0.106. The van der Waals surface area contributed by atoms with Crippen molar-refractivity contribution >= 4 is 5.78 Å². The van der Waals surface area contributed by atoms with Crippen molar-refractivity contribution in [1.29, 1.82) is 0 Å². The lowest BCUT2D eigenvalue weighted by molar-refractivity contribution is -0.204. The third-order valence-corrected chi connectivity index (χ3v) is 6.80. The van der Waals surface area contributed by atoms with Gasteiger partial charge < -0.3 is 25.0 Å². The maximum Gasteiger partial charge on any atom is 0.177 e. The Hall–Kier alpha value is -1.63. The minimum Gasteiger partial charge on any atom is -0.504 e. The summed E-state index contributed by atoms with van der Waals surface area (Å²) in [6.07, 6.45) is -0.153. The molecule has 128 valence electrons. The first-order valence-electron chi connectivity index (χ1n) is 8.56. The average molecular weight is 331 g/mol. The number of likely N-dealkylation sites (tertiary alicyclic amines) is 1. The number of carbonyl (C=O) groups is 1. The Morgan fingerprint density at radius 2 is 2.12 bits per heavy atom. The van der Waals surface area contributed by atoms with Crippen LogP contribution in [-0.4, -0.2) is 63.4 Å². The van der Waals surface area contributed by atoms with Crippen molar-refractivity contribution in [2.45, 2.75) is 54.9 Å². The number of aliphatic hydroxyl groups excluding tert-OH is 1. The fourth-order valence-electron chi connectivity index (χ4n) is 5.84. The van der Waals surface area contributed by atoms with Crippen LogP contribution in [0.25, 0.3) is 0 Å². The molecule has 5 atom stereocenters. The number of ether oxygens (including phenoxy) is 1. The molecule has 2 aliphatic heterocycles. The molecule has 1 saturated heterocycles. The van der Waals surface area contributed by atoms with Crippen LogP contribution in [0.3, 0.4) is 0 Å². The van der Waals surface area contributed by atoms with E-state index in [-0.39, 0.29) is 24.0 Å². The number of aromatic hydroxyl groups is 1. The molecule has 1 aromatic carbocycles. The highest BCUT2D eigenvalue weighted by atomic mass is 16.5. The highest BCUT2D eigenvalue weighted by Crippen LogP contribution is 2.64. The standard InChI is InChI=1S/C18H21NO5/c1-19-6-2-5-17-14-9-3-4-10(20)15(14)24-16(17)11(21)8-13(22)18(17,23)12(19)7-9/h3-4,12-13,16,20,22-23H,2,5-8H2,1H3. The second-order valence-corrected chi connectivity index (χ2v) is 7.73. The monoisotopic (exact) mass is 331 g/mol. The van der Waals surface area contributed by atoms with Gasteiger partial charge in [-0.1, -0.05) is 6.07 Å². The topological polar surface area (TPSA) is 90.2 Å². The highest BCUT2D eigenvalue weighted by Gasteiger charge is 2.74. The SMILES string of the molecule is CN1CCCC23c4c5ccc(O)c4OC2C(=O)CC(O)C3(O)C1C5. The highest BCUT2D eigenvalue weighted by molar-refractivity contribution is 5.90. The van der Waals surface area contributed by atoms with Crippen LogP contribution in [-0.2, 0) is 16.6 Å². The molecule has 6 heteroatoms. The molecule has 2 aliphatic carbocycles. The Balaban J connectivity index is 1.90. The van der Waals surface area contributed by atoms with Gasteiger partial charge in [0.1, 0.15) is 5.60 Å². The average Bonchev–Trinajstić information content (AvgIpc) is 2.87. The summed E-state index contributed by atoms with van der Waals surface area (Å²) in [5.41, 5.74) is -0.689. The Kier molecular flexibility index (Phi) is 2.64. The molecule has 5 rings (SSSR count). The smallest absolute Gasteiger partial charge is 0.177 e. The minimum atomic E-state index is -1.46. The summed E-state index contributed by atoms with van der Waals surface area (Å²) < 4.78 is 5.94. The summed E-state index contributed by atoms with van der Waals surface area (Å²) in [7, 11) is 1.96. The normalized spacial score (nSPS) is 43.1. The maximum atomic E-state index is 12.7. The number of hydrogen-bond acceptors (Lipinski definition) is 6. The molecule has 5 unspecified atom stereocenters. The Morgan fingerprint density at radius 1 is 1.33 bits per heavy atom. The number of carbonyl (C=O) groups excluding carboxylic acids is 1. The van der Waals surface area contributed by atoms with Crippen molar-refractivity contribution in [3.8, 4) is 11.5 Å². The maximum absolute atomic E-state index is 12.7. The zero-order chi connectivity index (χ0) is 16.9. The number of benzene rings is 1. The predicted molar refractivity (Wildman–Crippen MR) is 84.1 cm³/mol. The number of hydrogen-bond donors (Lipinski definition) is 3. The van der Waals surface area contributed by atoms with Crippen LogP contribution in [0.1, 0.15) is 30.4 Å². The molecule has 0 radical (unpaired) electrons. The second kappa shape index (κ2) is 4.31. The first kappa shape index (κ1) is 14.7.